The van der Waals surface area contributed by atoms with Gasteiger partial charge >= 0.3 is 5.97 Å². The third-order valence-corrected chi connectivity index (χ3v) is 7.05. The first kappa shape index (κ1) is 28.7. The molecule has 0 atom stereocenters. The van der Waals surface area contributed by atoms with Gasteiger partial charge in [0.2, 0.25) is 17.8 Å². The number of hydrazone groups is 1. The zero-order valence-electron chi connectivity index (χ0n) is 23.6. The molecule has 2 aliphatic rings. The normalized spacial score (nSPS) is 15.5. The van der Waals surface area contributed by atoms with E-state index in [0.29, 0.717) is 35.8 Å². The fourth-order valence-electron chi connectivity index (χ4n) is 4.87. The summed E-state index contributed by atoms with van der Waals surface area (Å²) < 4.78 is 11.2. The van der Waals surface area contributed by atoms with Crippen molar-refractivity contribution in [1.29, 1.82) is 0 Å². The summed E-state index contributed by atoms with van der Waals surface area (Å²) in [6.45, 7) is 5.87. The van der Waals surface area contributed by atoms with E-state index in [4.69, 9.17) is 14.5 Å². The van der Waals surface area contributed by atoms with Gasteiger partial charge in [-0.25, -0.2) is 10.2 Å². The van der Waals surface area contributed by atoms with Gasteiger partial charge in [-0.1, -0.05) is 0 Å². The van der Waals surface area contributed by atoms with Crippen molar-refractivity contribution in [1.82, 2.24) is 15.0 Å². The second-order valence-electron chi connectivity index (χ2n) is 10.1. The Balaban J connectivity index is 1.30. The van der Waals surface area contributed by atoms with Gasteiger partial charge in [-0.2, -0.15) is 20.1 Å². The Labute approximate surface area is 243 Å². The van der Waals surface area contributed by atoms with E-state index in [0.717, 1.165) is 51.9 Å². The fraction of sp³-hybridized carbons (Fsp3) is 0.414. The summed E-state index contributed by atoms with van der Waals surface area (Å²) in [7, 11) is 0. The van der Waals surface area contributed by atoms with E-state index in [-0.39, 0.29) is 17.0 Å². The lowest BCUT2D eigenvalue weighted by Gasteiger charge is -2.30. The minimum absolute atomic E-state index is 0.110. The summed E-state index contributed by atoms with van der Waals surface area (Å²) in [6, 6.07) is 10.3. The number of nitrogens with zero attached hydrogens (tertiary/aromatic N) is 7. The van der Waals surface area contributed by atoms with E-state index < -0.39 is 10.9 Å². The van der Waals surface area contributed by atoms with Gasteiger partial charge in [0, 0.05) is 38.3 Å². The molecule has 0 spiro atoms. The molecule has 3 aromatic rings. The predicted molar refractivity (Wildman–Crippen MR) is 159 cm³/mol. The first-order valence-corrected chi connectivity index (χ1v) is 14.3. The molecule has 2 saturated heterocycles. The highest BCUT2D eigenvalue weighted by molar-refractivity contribution is 5.92. The van der Waals surface area contributed by atoms with Gasteiger partial charge in [-0.15, -0.1) is 0 Å². The van der Waals surface area contributed by atoms with Crippen LogP contribution in [0.2, 0.25) is 0 Å². The van der Waals surface area contributed by atoms with E-state index in [2.05, 4.69) is 30.3 Å². The monoisotopic (exact) mass is 574 g/mol. The van der Waals surface area contributed by atoms with Crippen LogP contribution in [0.5, 0.6) is 11.5 Å². The van der Waals surface area contributed by atoms with Crippen LogP contribution in [0.4, 0.5) is 23.5 Å². The molecule has 3 heterocycles. The molecular weight excluding hydrogens is 540 g/mol. The predicted octanol–water partition coefficient (Wildman–Crippen LogP) is 4.82. The number of anilines is 3. The SMILES string of the molecule is CCOc1cc(/C=N\Nc2nc(N3CCCCC3)nc(N3CCCCC3)n2)ccc1OC(=O)c1ccc([N+](=O)[O-])cc1. The lowest BCUT2D eigenvalue weighted by atomic mass is 10.1. The Morgan fingerprint density at radius 1 is 0.929 bits per heavy atom. The summed E-state index contributed by atoms with van der Waals surface area (Å²) in [5.41, 5.74) is 3.73. The van der Waals surface area contributed by atoms with Gasteiger partial charge in [0.25, 0.3) is 5.69 Å². The molecule has 1 aromatic heterocycles. The maximum absolute atomic E-state index is 12.6. The molecule has 0 amide bonds. The Kier molecular flexibility index (Phi) is 9.37. The molecule has 0 radical (unpaired) electrons. The van der Waals surface area contributed by atoms with Crippen molar-refractivity contribution in [3.63, 3.8) is 0 Å². The standard InChI is InChI=1S/C29H34N8O5/c1-2-41-25-19-21(9-14-24(25)42-26(38)22-10-12-23(13-11-22)37(39)40)20-30-34-27-31-28(35-15-5-3-6-16-35)33-29(32-27)36-17-7-4-8-18-36/h9-14,19-20H,2-8,15-18H2,1H3,(H,31,32,33,34)/b30-20-. The number of benzene rings is 2. The minimum atomic E-state index is -0.655. The molecule has 13 heteroatoms. The van der Waals surface area contributed by atoms with Crippen LogP contribution in [-0.4, -0.2) is 64.8 Å². The molecule has 0 unspecified atom stereocenters. The maximum Gasteiger partial charge on any atom is 0.343 e. The number of hydrogen-bond donors (Lipinski definition) is 1. The van der Waals surface area contributed by atoms with Crippen molar-refractivity contribution in [2.24, 2.45) is 5.10 Å². The average Bonchev–Trinajstić information content (AvgIpc) is 3.03. The van der Waals surface area contributed by atoms with Crippen molar-refractivity contribution >= 4 is 35.7 Å². The highest BCUT2D eigenvalue weighted by Crippen LogP contribution is 2.29. The fourth-order valence-corrected chi connectivity index (χ4v) is 4.87. The number of rotatable bonds is 10. The molecule has 2 aromatic carbocycles. The second kappa shape index (κ2) is 13.7. The molecule has 0 saturated carbocycles. The number of nitrogens with one attached hydrogen (secondary N) is 1. The molecule has 0 bridgehead atoms. The number of non-ortho nitro benzene ring substituents is 1. The topological polar surface area (TPSA) is 148 Å². The highest BCUT2D eigenvalue weighted by Gasteiger charge is 2.20. The summed E-state index contributed by atoms with van der Waals surface area (Å²) in [6.07, 6.45) is 8.51. The quantitative estimate of drug-likeness (QED) is 0.117. The van der Waals surface area contributed by atoms with Crippen LogP contribution in [0, 0.1) is 10.1 Å². The molecule has 0 aliphatic carbocycles. The van der Waals surface area contributed by atoms with Gasteiger partial charge < -0.3 is 19.3 Å². The van der Waals surface area contributed by atoms with Crippen molar-refractivity contribution in [3.05, 3.63) is 63.7 Å². The van der Waals surface area contributed by atoms with Crippen molar-refractivity contribution in [3.8, 4) is 11.5 Å². The molecule has 2 fully saturated rings. The summed E-state index contributed by atoms with van der Waals surface area (Å²) in [5.74, 6) is 1.64. The number of piperidine rings is 2. The first-order chi connectivity index (χ1) is 20.5. The van der Waals surface area contributed by atoms with E-state index >= 15 is 0 Å². The van der Waals surface area contributed by atoms with Gasteiger partial charge in [0.05, 0.1) is 23.3 Å². The Hall–Kier alpha value is -4.81. The van der Waals surface area contributed by atoms with Gasteiger partial charge in [0.15, 0.2) is 11.5 Å². The van der Waals surface area contributed by atoms with E-state index in [1.54, 1.807) is 24.4 Å². The molecule has 1 N–H and O–H groups in total. The third kappa shape index (κ3) is 7.28. The number of carbonyl (C=O) groups excluding carboxylic acids is 1. The van der Waals surface area contributed by atoms with Crippen LogP contribution >= 0.6 is 0 Å². The van der Waals surface area contributed by atoms with Crippen LogP contribution in [0.1, 0.15) is 61.4 Å². The van der Waals surface area contributed by atoms with Crippen LogP contribution in [0.3, 0.4) is 0 Å². The van der Waals surface area contributed by atoms with Gasteiger partial charge in [0.1, 0.15) is 0 Å². The minimum Gasteiger partial charge on any atom is -0.490 e. The number of ether oxygens (including phenoxy) is 2. The lowest BCUT2D eigenvalue weighted by molar-refractivity contribution is -0.384. The second-order valence-corrected chi connectivity index (χ2v) is 10.1. The van der Waals surface area contributed by atoms with Crippen LogP contribution in [0.25, 0.3) is 0 Å². The molecule has 2 aliphatic heterocycles. The molecule has 5 rings (SSSR count). The molecule has 42 heavy (non-hydrogen) atoms. The lowest BCUT2D eigenvalue weighted by Crippen LogP contribution is -2.34. The number of esters is 1. The number of aromatic nitrogens is 3. The number of nitro groups is 1. The number of nitro benzene ring substituents is 1. The van der Waals surface area contributed by atoms with E-state index in [1.165, 1.54) is 37.1 Å². The zero-order valence-corrected chi connectivity index (χ0v) is 23.6. The Morgan fingerprint density at radius 3 is 2.12 bits per heavy atom. The summed E-state index contributed by atoms with van der Waals surface area (Å²) >= 11 is 0. The molecule has 13 nitrogen and oxygen atoms in total. The van der Waals surface area contributed by atoms with Crippen molar-refractivity contribution in [2.75, 3.05) is 48.0 Å². The van der Waals surface area contributed by atoms with Crippen LogP contribution < -0.4 is 24.7 Å². The Morgan fingerprint density at radius 2 is 1.55 bits per heavy atom. The number of carbonyl (C=O) groups is 1. The van der Waals surface area contributed by atoms with Crippen LogP contribution in [-0.2, 0) is 0 Å². The van der Waals surface area contributed by atoms with E-state index in [1.807, 2.05) is 6.92 Å². The zero-order chi connectivity index (χ0) is 29.3. The first-order valence-electron chi connectivity index (χ1n) is 14.3. The summed E-state index contributed by atoms with van der Waals surface area (Å²) in [4.78, 5) is 41.5. The van der Waals surface area contributed by atoms with Gasteiger partial charge in [-0.3, -0.25) is 10.1 Å². The van der Waals surface area contributed by atoms with Crippen molar-refractivity contribution < 1.29 is 19.2 Å². The largest absolute Gasteiger partial charge is 0.490 e. The summed E-state index contributed by atoms with van der Waals surface area (Å²) in [5, 5.41) is 15.2. The molecule has 220 valence electrons. The Bertz CT molecular complexity index is 1380. The van der Waals surface area contributed by atoms with Gasteiger partial charge in [-0.05, 0) is 81.3 Å². The third-order valence-electron chi connectivity index (χ3n) is 7.05. The van der Waals surface area contributed by atoms with E-state index in [9.17, 15) is 14.9 Å². The van der Waals surface area contributed by atoms with Crippen LogP contribution in [0.15, 0.2) is 47.6 Å². The average molecular weight is 575 g/mol. The smallest absolute Gasteiger partial charge is 0.343 e. The molecular formula is C29H34N8O5. The highest BCUT2D eigenvalue weighted by atomic mass is 16.6. The maximum atomic E-state index is 12.6. The number of hydrogen-bond acceptors (Lipinski definition) is 12. The van der Waals surface area contributed by atoms with Crippen molar-refractivity contribution in [2.45, 2.75) is 45.4 Å².